The Balaban J connectivity index is 1.30. The topological polar surface area (TPSA) is 75.2 Å². The van der Waals surface area contributed by atoms with Crippen molar-refractivity contribution >= 4 is 23.2 Å². The highest BCUT2D eigenvalue weighted by Gasteiger charge is 2.13. The molecule has 6 heteroatoms. The molecule has 1 N–H and O–H groups in total. The number of aromatic nitrogens is 2. The van der Waals surface area contributed by atoms with Crippen LogP contribution in [0.1, 0.15) is 42.5 Å². The number of carbonyl (C=O) groups is 2. The van der Waals surface area contributed by atoms with Crippen LogP contribution in [0.5, 0.6) is 0 Å². The molecule has 0 saturated carbocycles. The molecule has 0 unspecified atom stereocenters. The number of benzene rings is 2. The maximum atomic E-state index is 12.2. The van der Waals surface area contributed by atoms with Gasteiger partial charge in [0.1, 0.15) is 0 Å². The second-order valence-electron chi connectivity index (χ2n) is 7.74. The van der Waals surface area contributed by atoms with Gasteiger partial charge >= 0.3 is 0 Å². The number of rotatable bonds is 7. The van der Waals surface area contributed by atoms with Crippen LogP contribution in [0.2, 0.25) is 0 Å². The summed E-state index contributed by atoms with van der Waals surface area (Å²) in [4.78, 5) is 26.6. The van der Waals surface area contributed by atoms with Crippen molar-refractivity contribution in [3.63, 3.8) is 0 Å². The van der Waals surface area contributed by atoms with Gasteiger partial charge in [0.05, 0.1) is 5.69 Å². The second kappa shape index (κ2) is 9.98. The summed E-state index contributed by atoms with van der Waals surface area (Å²) in [5.74, 6) is 0.720. The summed E-state index contributed by atoms with van der Waals surface area (Å²) < 4.78 is 0. The van der Waals surface area contributed by atoms with Gasteiger partial charge < -0.3 is 10.2 Å². The molecule has 0 spiro atoms. The summed E-state index contributed by atoms with van der Waals surface area (Å²) >= 11 is 0. The molecular formula is C25H26N4O2. The SMILES string of the molecule is O=C(CCC(=O)c1ccccc1)Nc1ccc(-c2ccc(N3CCCCC3)nn2)cc1. The Morgan fingerprint density at radius 3 is 2.23 bits per heavy atom. The van der Waals surface area contributed by atoms with Gasteiger partial charge in [-0.05, 0) is 43.5 Å². The maximum absolute atomic E-state index is 12.2. The summed E-state index contributed by atoms with van der Waals surface area (Å²) in [6, 6.07) is 20.5. The molecule has 2 aromatic carbocycles. The average Bonchev–Trinajstić information content (AvgIpc) is 2.84. The zero-order valence-corrected chi connectivity index (χ0v) is 17.5. The van der Waals surface area contributed by atoms with E-state index in [1.54, 1.807) is 12.1 Å². The summed E-state index contributed by atoms with van der Waals surface area (Å²) in [6.45, 7) is 2.08. The number of amides is 1. The van der Waals surface area contributed by atoms with Gasteiger partial charge in [0, 0.05) is 42.7 Å². The van der Waals surface area contributed by atoms with Crippen molar-refractivity contribution < 1.29 is 9.59 Å². The number of piperidine rings is 1. The van der Waals surface area contributed by atoms with Gasteiger partial charge in [0.25, 0.3) is 0 Å². The molecule has 31 heavy (non-hydrogen) atoms. The molecule has 1 aromatic heterocycles. The van der Waals surface area contributed by atoms with Crippen LogP contribution < -0.4 is 10.2 Å². The van der Waals surface area contributed by atoms with E-state index in [0.717, 1.165) is 30.2 Å². The Labute approximate surface area is 182 Å². The third kappa shape index (κ3) is 5.54. The Morgan fingerprint density at radius 2 is 1.55 bits per heavy atom. The fourth-order valence-electron chi connectivity index (χ4n) is 3.71. The predicted molar refractivity (Wildman–Crippen MR) is 122 cm³/mol. The fraction of sp³-hybridized carbons (Fsp3) is 0.280. The molecule has 0 aliphatic carbocycles. The minimum atomic E-state index is -0.178. The molecule has 1 aliphatic heterocycles. The largest absolute Gasteiger partial charge is 0.355 e. The van der Waals surface area contributed by atoms with Gasteiger partial charge in [0.15, 0.2) is 11.6 Å². The Hall–Kier alpha value is -3.54. The molecule has 1 fully saturated rings. The Kier molecular flexibility index (Phi) is 6.67. The van der Waals surface area contributed by atoms with Crippen molar-refractivity contribution in [2.24, 2.45) is 0 Å². The number of nitrogens with zero attached hydrogens (tertiary/aromatic N) is 3. The standard InChI is InChI=1S/C25H26N4O2/c30-23(20-7-3-1-4-8-20)14-16-25(31)26-21-11-9-19(10-12-21)22-13-15-24(28-27-22)29-17-5-2-6-18-29/h1,3-4,7-13,15H,2,5-6,14,16-18H2,(H,26,31). The first kappa shape index (κ1) is 20.7. The minimum Gasteiger partial charge on any atom is -0.355 e. The van der Waals surface area contributed by atoms with E-state index >= 15 is 0 Å². The van der Waals surface area contributed by atoms with E-state index in [9.17, 15) is 9.59 Å². The van der Waals surface area contributed by atoms with Crippen molar-refractivity contribution in [1.29, 1.82) is 0 Å². The van der Waals surface area contributed by atoms with Crippen LogP contribution in [0.4, 0.5) is 11.5 Å². The van der Waals surface area contributed by atoms with Gasteiger partial charge in [-0.3, -0.25) is 9.59 Å². The molecular weight excluding hydrogens is 388 g/mol. The van der Waals surface area contributed by atoms with Crippen LogP contribution in [0.15, 0.2) is 66.7 Å². The molecule has 1 saturated heterocycles. The first-order valence-corrected chi connectivity index (χ1v) is 10.8. The predicted octanol–water partition coefficient (Wildman–Crippen LogP) is 4.74. The fourth-order valence-corrected chi connectivity index (χ4v) is 3.71. The summed E-state index contributed by atoms with van der Waals surface area (Å²) in [5.41, 5.74) is 3.06. The number of hydrogen-bond acceptors (Lipinski definition) is 5. The third-order valence-electron chi connectivity index (χ3n) is 5.47. The van der Waals surface area contributed by atoms with E-state index in [2.05, 4.69) is 20.4 Å². The van der Waals surface area contributed by atoms with E-state index in [1.807, 2.05) is 54.6 Å². The van der Waals surface area contributed by atoms with Crippen molar-refractivity contribution in [2.45, 2.75) is 32.1 Å². The highest BCUT2D eigenvalue weighted by atomic mass is 16.2. The first-order valence-electron chi connectivity index (χ1n) is 10.8. The van der Waals surface area contributed by atoms with Crippen molar-refractivity contribution in [3.8, 4) is 11.3 Å². The highest BCUT2D eigenvalue weighted by molar-refractivity contribution is 6.00. The Morgan fingerprint density at radius 1 is 0.806 bits per heavy atom. The lowest BCUT2D eigenvalue weighted by atomic mass is 10.1. The molecule has 2 heterocycles. The van der Waals surface area contributed by atoms with Gasteiger partial charge in [0.2, 0.25) is 5.91 Å². The highest BCUT2D eigenvalue weighted by Crippen LogP contribution is 2.22. The Bertz CT molecular complexity index is 1010. The first-order chi connectivity index (χ1) is 15.2. The lowest BCUT2D eigenvalue weighted by molar-refractivity contribution is -0.116. The number of anilines is 2. The van der Waals surface area contributed by atoms with Gasteiger partial charge in [-0.1, -0.05) is 42.5 Å². The number of hydrogen-bond donors (Lipinski definition) is 1. The van der Waals surface area contributed by atoms with Crippen LogP contribution in [-0.4, -0.2) is 35.0 Å². The van der Waals surface area contributed by atoms with Crippen molar-refractivity contribution in [3.05, 3.63) is 72.3 Å². The second-order valence-corrected chi connectivity index (χ2v) is 7.74. The molecule has 0 atom stereocenters. The summed E-state index contributed by atoms with van der Waals surface area (Å²) in [5, 5.41) is 11.6. The van der Waals surface area contributed by atoms with Crippen LogP contribution in [-0.2, 0) is 4.79 Å². The molecule has 3 aromatic rings. The van der Waals surface area contributed by atoms with Crippen LogP contribution in [0, 0.1) is 0 Å². The maximum Gasteiger partial charge on any atom is 0.224 e. The van der Waals surface area contributed by atoms with Crippen LogP contribution >= 0.6 is 0 Å². The van der Waals surface area contributed by atoms with Crippen LogP contribution in [0.25, 0.3) is 11.3 Å². The van der Waals surface area contributed by atoms with E-state index in [-0.39, 0.29) is 24.5 Å². The van der Waals surface area contributed by atoms with E-state index in [0.29, 0.717) is 11.3 Å². The van der Waals surface area contributed by atoms with Gasteiger partial charge in [-0.15, -0.1) is 10.2 Å². The number of nitrogens with one attached hydrogen (secondary N) is 1. The molecule has 6 nitrogen and oxygen atoms in total. The van der Waals surface area contributed by atoms with Crippen LogP contribution in [0.3, 0.4) is 0 Å². The molecule has 0 bridgehead atoms. The average molecular weight is 415 g/mol. The molecule has 4 rings (SSSR count). The smallest absolute Gasteiger partial charge is 0.224 e. The van der Waals surface area contributed by atoms with Gasteiger partial charge in [-0.25, -0.2) is 0 Å². The molecule has 1 aliphatic rings. The van der Waals surface area contributed by atoms with Crippen molar-refractivity contribution in [2.75, 3.05) is 23.3 Å². The minimum absolute atomic E-state index is 0.0299. The quantitative estimate of drug-likeness (QED) is 0.566. The summed E-state index contributed by atoms with van der Waals surface area (Å²) in [7, 11) is 0. The third-order valence-corrected chi connectivity index (χ3v) is 5.47. The van der Waals surface area contributed by atoms with E-state index < -0.39 is 0 Å². The number of carbonyl (C=O) groups excluding carboxylic acids is 2. The van der Waals surface area contributed by atoms with E-state index in [1.165, 1.54) is 19.3 Å². The molecule has 0 radical (unpaired) electrons. The van der Waals surface area contributed by atoms with E-state index in [4.69, 9.17) is 0 Å². The number of Topliss-reactive ketones (excluding diaryl/α,β-unsaturated/α-hetero) is 1. The molecule has 158 valence electrons. The lowest BCUT2D eigenvalue weighted by Gasteiger charge is -2.27. The van der Waals surface area contributed by atoms with Gasteiger partial charge in [-0.2, -0.15) is 0 Å². The zero-order valence-electron chi connectivity index (χ0n) is 17.5. The monoisotopic (exact) mass is 414 g/mol. The zero-order chi connectivity index (χ0) is 21.5. The number of ketones is 1. The molecule has 1 amide bonds. The normalized spacial score (nSPS) is 13.6. The van der Waals surface area contributed by atoms with Crippen molar-refractivity contribution in [1.82, 2.24) is 10.2 Å². The lowest BCUT2D eigenvalue weighted by Crippen LogP contribution is -2.30. The summed E-state index contributed by atoms with van der Waals surface area (Å²) in [6.07, 6.45) is 4.04.